The van der Waals surface area contributed by atoms with E-state index in [-0.39, 0.29) is 31.7 Å². The van der Waals surface area contributed by atoms with Crippen LogP contribution < -0.4 is 11.1 Å². The lowest BCUT2D eigenvalue weighted by molar-refractivity contribution is -0.146. The third-order valence-electron chi connectivity index (χ3n) is 2.90. The molecule has 0 spiro atoms. The highest BCUT2D eigenvalue weighted by Crippen LogP contribution is 2.10. The summed E-state index contributed by atoms with van der Waals surface area (Å²) >= 11 is 0. The van der Waals surface area contributed by atoms with Gasteiger partial charge in [-0.25, -0.2) is 14.2 Å². The number of anilines is 1. The van der Waals surface area contributed by atoms with E-state index in [9.17, 15) is 18.8 Å². The minimum absolute atomic E-state index is 0.0417. The van der Waals surface area contributed by atoms with Crippen LogP contribution >= 0.6 is 0 Å². The quantitative estimate of drug-likeness (QED) is 0.671. The molecule has 1 aromatic rings. The molecule has 1 amide bonds. The number of nitrogen functional groups attached to an aromatic ring is 1. The van der Waals surface area contributed by atoms with Crippen molar-refractivity contribution >= 4 is 23.5 Å². The second-order valence-corrected chi connectivity index (χ2v) is 4.72. The van der Waals surface area contributed by atoms with Gasteiger partial charge in [0, 0.05) is 12.5 Å². The molecule has 0 aliphatic rings. The first-order chi connectivity index (χ1) is 11.4. The Balaban J connectivity index is 2.81. The van der Waals surface area contributed by atoms with Crippen molar-refractivity contribution in [2.45, 2.75) is 32.7 Å². The Bertz CT molecular complexity index is 609. The molecule has 0 radical (unpaired) electrons. The molecule has 3 N–H and O–H groups in total. The van der Waals surface area contributed by atoms with Crippen molar-refractivity contribution in [3.05, 3.63) is 23.8 Å². The van der Waals surface area contributed by atoms with Crippen molar-refractivity contribution < 1.29 is 28.2 Å². The number of nitrogens with one attached hydrogen (secondary N) is 1. The maximum absolute atomic E-state index is 13.7. The highest BCUT2D eigenvalue weighted by molar-refractivity contribution is 5.95. The van der Waals surface area contributed by atoms with Gasteiger partial charge in [-0.3, -0.25) is 9.59 Å². The molecule has 0 saturated heterocycles. The number of pyridine rings is 1. The van der Waals surface area contributed by atoms with E-state index in [2.05, 4.69) is 10.3 Å². The molecular weight excluding hydrogens is 321 g/mol. The minimum atomic E-state index is -1.12. The molecule has 0 saturated carbocycles. The average Bonchev–Trinajstić information content (AvgIpc) is 2.51. The number of hydrogen-bond acceptors (Lipinski definition) is 7. The van der Waals surface area contributed by atoms with Gasteiger partial charge < -0.3 is 20.5 Å². The molecule has 0 aliphatic carbocycles. The normalized spacial score (nSPS) is 11.5. The molecule has 1 atom stereocenters. The van der Waals surface area contributed by atoms with E-state index >= 15 is 0 Å². The number of nitrogens with two attached hydrogens (primary N) is 1. The highest BCUT2D eigenvalue weighted by Gasteiger charge is 2.25. The second kappa shape index (κ2) is 9.43. The van der Waals surface area contributed by atoms with Gasteiger partial charge in [0.05, 0.1) is 25.1 Å². The van der Waals surface area contributed by atoms with Crippen LogP contribution in [0.2, 0.25) is 0 Å². The minimum Gasteiger partial charge on any atom is -0.466 e. The second-order valence-electron chi connectivity index (χ2n) is 4.72. The van der Waals surface area contributed by atoms with Crippen molar-refractivity contribution in [3.63, 3.8) is 0 Å². The average molecular weight is 341 g/mol. The van der Waals surface area contributed by atoms with E-state index in [1.165, 1.54) is 0 Å². The Kier molecular flexibility index (Phi) is 7.60. The van der Waals surface area contributed by atoms with Crippen LogP contribution in [0, 0.1) is 5.82 Å². The number of aromatic nitrogens is 1. The van der Waals surface area contributed by atoms with Crippen molar-refractivity contribution in [3.8, 4) is 0 Å². The van der Waals surface area contributed by atoms with Crippen LogP contribution in [0.25, 0.3) is 0 Å². The van der Waals surface area contributed by atoms with Crippen molar-refractivity contribution in [1.29, 1.82) is 0 Å². The molecule has 0 fully saturated rings. The lowest BCUT2D eigenvalue weighted by Gasteiger charge is -2.17. The predicted octanol–water partition coefficient (Wildman–Crippen LogP) is 0.808. The molecule has 1 unspecified atom stereocenters. The van der Waals surface area contributed by atoms with Crippen LogP contribution in [0.4, 0.5) is 10.1 Å². The van der Waals surface area contributed by atoms with E-state index in [1.807, 2.05) is 0 Å². The first-order valence-electron chi connectivity index (χ1n) is 7.43. The van der Waals surface area contributed by atoms with Gasteiger partial charge in [0.1, 0.15) is 6.04 Å². The first kappa shape index (κ1) is 19.3. The number of amides is 1. The van der Waals surface area contributed by atoms with E-state index in [1.54, 1.807) is 13.8 Å². The molecule has 8 nitrogen and oxygen atoms in total. The summed E-state index contributed by atoms with van der Waals surface area (Å²) in [5.74, 6) is -3.07. The van der Waals surface area contributed by atoms with Gasteiger partial charge in [-0.2, -0.15) is 0 Å². The Morgan fingerprint density at radius 1 is 1.29 bits per heavy atom. The first-order valence-corrected chi connectivity index (χ1v) is 7.43. The summed E-state index contributed by atoms with van der Waals surface area (Å²) in [7, 11) is 0. The number of hydrogen-bond donors (Lipinski definition) is 2. The van der Waals surface area contributed by atoms with E-state index in [0.717, 1.165) is 12.3 Å². The standard InChI is InChI=1S/C15H20FN3O5/c1-3-23-12(20)6-5-11(15(22)24-4-2)19-14(21)13-10(16)7-9(17)8-18-13/h7-8,11H,3-6,17H2,1-2H3,(H,19,21). The van der Waals surface area contributed by atoms with Gasteiger partial charge in [-0.1, -0.05) is 0 Å². The molecule has 0 bridgehead atoms. The molecule has 1 rings (SSSR count). The number of rotatable bonds is 8. The van der Waals surface area contributed by atoms with Gasteiger partial charge >= 0.3 is 11.9 Å². The summed E-state index contributed by atoms with van der Waals surface area (Å²) in [6, 6.07) is -0.180. The van der Waals surface area contributed by atoms with Crippen LogP contribution in [0.5, 0.6) is 0 Å². The zero-order valence-electron chi connectivity index (χ0n) is 13.5. The van der Waals surface area contributed by atoms with Crippen LogP contribution in [-0.2, 0) is 19.1 Å². The largest absolute Gasteiger partial charge is 0.466 e. The van der Waals surface area contributed by atoms with Gasteiger partial charge in [0.15, 0.2) is 11.5 Å². The fraction of sp³-hybridized carbons (Fsp3) is 0.467. The zero-order chi connectivity index (χ0) is 18.1. The summed E-state index contributed by atoms with van der Waals surface area (Å²) in [5, 5.41) is 2.31. The third-order valence-corrected chi connectivity index (χ3v) is 2.90. The van der Waals surface area contributed by atoms with Crippen LogP contribution in [-0.4, -0.2) is 42.1 Å². The summed E-state index contributed by atoms with van der Waals surface area (Å²) in [5.41, 5.74) is 4.92. The molecular formula is C15H20FN3O5. The van der Waals surface area contributed by atoms with Crippen molar-refractivity contribution in [2.24, 2.45) is 0 Å². The molecule has 1 heterocycles. The number of carbonyl (C=O) groups excluding carboxylic acids is 3. The summed E-state index contributed by atoms with van der Waals surface area (Å²) in [4.78, 5) is 39.0. The predicted molar refractivity (Wildman–Crippen MR) is 82.4 cm³/mol. The Labute approximate surface area is 138 Å². The van der Waals surface area contributed by atoms with Crippen molar-refractivity contribution in [1.82, 2.24) is 10.3 Å². The van der Waals surface area contributed by atoms with E-state index < -0.39 is 35.4 Å². The number of nitrogens with zero attached hydrogens (tertiary/aromatic N) is 1. The lowest BCUT2D eigenvalue weighted by atomic mass is 10.1. The maximum atomic E-state index is 13.7. The highest BCUT2D eigenvalue weighted by atomic mass is 19.1. The molecule has 1 aromatic heterocycles. The summed E-state index contributed by atoms with van der Waals surface area (Å²) < 4.78 is 23.3. The Morgan fingerprint density at radius 2 is 1.96 bits per heavy atom. The molecule has 0 aromatic carbocycles. The van der Waals surface area contributed by atoms with Crippen molar-refractivity contribution in [2.75, 3.05) is 18.9 Å². The van der Waals surface area contributed by atoms with Gasteiger partial charge in [-0.05, 0) is 20.3 Å². The third kappa shape index (κ3) is 5.82. The smallest absolute Gasteiger partial charge is 0.328 e. The van der Waals surface area contributed by atoms with Gasteiger partial charge in [0.25, 0.3) is 5.91 Å². The van der Waals surface area contributed by atoms with Gasteiger partial charge in [0.2, 0.25) is 0 Å². The fourth-order valence-electron chi connectivity index (χ4n) is 1.83. The van der Waals surface area contributed by atoms with Crippen LogP contribution in [0.15, 0.2) is 12.3 Å². The number of halogens is 1. The molecule has 24 heavy (non-hydrogen) atoms. The molecule has 9 heteroatoms. The summed E-state index contributed by atoms with van der Waals surface area (Å²) in [6.45, 7) is 3.55. The monoisotopic (exact) mass is 341 g/mol. The maximum Gasteiger partial charge on any atom is 0.328 e. The number of ether oxygens (including phenoxy) is 2. The number of esters is 2. The molecule has 0 aliphatic heterocycles. The van der Waals surface area contributed by atoms with E-state index in [0.29, 0.717) is 0 Å². The topological polar surface area (TPSA) is 121 Å². The Morgan fingerprint density at radius 3 is 2.54 bits per heavy atom. The van der Waals surface area contributed by atoms with Gasteiger partial charge in [-0.15, -0.1) is 0 Å². The number of carbonyl (C=O) groups is 3. The fourth-order valence-corrected chi connectivity index (χ4v) is 1.83. The molecule has 132 valence electrons. The zero-order valence-corrected chi connectivity index (χ0v) is 13.5. The lowest BCUT2D eigenvalue weighted by Crippen LogP contribution is -2.42. The summed E-state index contributed by atoms with van der Waals surface area (Å²) in [6.07, 6.45) is 0.977. The van der Waals surface area contributed by atoms with E-state index in [4.69, 9.17) is 15.2 Å². The Hall–Kier alpha value is -2.71. The van der Waals surface area contributed by atoms with Crippen LogP contribution in [0.3, 0.4) is 0 Å². The SMILES string of the molecule is CCOC(=O)CCC(NC(=O)c1ncc(N)cc1F)C(=O)OCC. The van der Waals surface area contributed by atoms with Crippen LogP contribution in [0.1, 0.15) is 37.2 Å².